The van der Waals surface area contributed by atoms with E-state index in [9.17, 15) is 9.18 Å². The monoisotopic (exact) mass is 416 g/mol. The Labute approximate surface area is 173 Å². The normalized spacial score (nSPS) is 19.5. The van der Waals surface area contributed by atoms with Gasteiger partial charge in [0.2, 0.25) is 5.95 Å². The van der Waals surface area contributed by atoms with Crippen LogP contribution in [0.2, 0.25) is 5.02 Å². The molecule has 8 heteroatoms. The number of carbonyl (C=O) groups excluding carboxylic acids is 1. The third-order valence-electron chi connectivity index (χ3n) is 5.36. The standard InChI is InChI=1S/C21H22ClFN4O2/c1-12-3-4-14(22)9-18(12)26-8-7-17(20(11-26)29-13(2)28)27-19-10-15(23)5-6-16(19)25-21(27)24/h3-6,9-10,17,20H,7-8,11H2,1-2H3,(H2,24,25)/t17?,20-/m0/s1. The number of benzene rings is 2. The molecule has 1 aliphatic rings. The van der Waals surface area contributed by atoms with Gasteiger partial charge in [-0.25, -0.2) is 9.37 Å². The Morgan fingerprint density at radius 2 is 2.10 bits per heavy atom. The number of halogens is 2. The largest absolute Gasteiger partial charge is 0.458 e. The second-order valence-electron chi connectivity index (χ2n) is 7.35. The van der Waals surface area contributed by atoms with E-state index in [1.54, 1.807) is 10.6 Å². The van der Waals surface area contributed by atoms with Crippen LogP contribution in [0.15, 0.2) is 36.4 Å². The van der Waals surface area contributed by atoms with Crippen LogP contribution in [0, 0.1) is 12.7 Å². The van der Waals surface area contributed by atoms with E-state index in [0.29, 0.717) is 35.6 Å². The number of anilines is 2. The highest BCUT2D eigenvalue weighted by atomic mass is 35.5. The van der Waals surface area contributed by atoms with Crippen molar-refractivity contribution in [3.8, 4) is 0 Å². The van der Waals surface area contributed by atoms with Crippen LogP contribution in [-0.2, 0) is 9.53 Å². The minimum absolute atomic E-state index is 0.249. The summed E-state index contributed by atoms with van der Waals surface area (Å²) in [4.78, 5) is 18.3. The van der Waals surface area contributed by atoms with E-state index in [2.05, 4.69) is 9.88 Å². The first-order chi connectivity index (χ1) is 13.8. The van der Waals surface area contributed by atoms with Gasteiger partial charge in [-0.05, 0) is 49.2 Å². The number of ether oxygens (including phenoxy) is 1. The summed E-state index contributed by atoms with van der Waals surface area (Å²) < 4.78 is 21.3. The molecule has 1 fully saturated rings. The van der Waals surface area contributed by atoms with Crippen molar-refractivity contribution in [2.75, 3.05) is 23.7 Å². The number of aryl methyl sites for hydroxylation is 1. The summed E-state index contributed by atoms with van der Waals surface area (Å²) >= 11 is 6.19. The van der Waals surface area contributed by atoms with Crippen molar-refractivity contribution in [3.63, 3.8) is 0 Å². The zero-order valence-electron chi connectivity index (χ0n) is 16.2. The van der Waals surface area contributed by atoms with Gasteiger partial charge in [-0.3, -0.25) is 4.79 Å². The van der Waals surface area contributed by atoms with Crippen LogP contribution in [-0.4, -0.2) is 34.7 Å². The molecular weight excluding hydrogens is 395 g/mol. The first-order valence-corrected chi connectivity index (χ1v) is 9.82. The van der Waals surface area contributed by atoms with Crippen LogP contribution >= 0.6 is 11.6 Å². The highest BCUT2D eigenvalue weighted by Gasteiger charge is 2.35. The third kappa shape index (κ3) is 3.74. The third-order valence-corrected chi connectivity index (χ3v) is 5.60. The quantitative estimate of drug-likeness (QED) is 0.650. The summed E-state index contributed by atoms with van der Waals surface area (Å²) in [5, 5.41) is 0.650. The molecule has 1 saturated heterocycles. The predicted molar refractivity (Wildman–Crippen MR) is 112 cm³/mol. The van der Waals surface area contributed by atoms with Crippen LogP contribution in [0.25, 0.3) is 11.0 Å². The number of nitrogens with zero attached hydrogens (tertiary/aromatic N) is 3. The minimum atomic E-state index is -0.470. The smallest absolute Gasteiger partial charge is 0.303 e. The maximum atomic E-state index is 13.9. The van der Waals surface area contributed by atoms with E-state index >= 15 is 0 Å². The molecule has 2 N–H and O–H groups in total. The molecule has 2 atom stereocenters. The van der Waals surface area contributed by atoms with Crippen molar-refractivity contribution in [1.29, 1.82) is 0 Å². The molecule has 2 heterocycles. The van der Waals surface area contributed by atoms with Crippen LogP contribution in [0.3, 0.4) is 0 Å². The Balaban J connectivity index is 1.72. The Kier molecular flexibility index (Phi) is 5.08. The summed E-state index contributed by atoms with van der Waals surface area (Å²) in [7, 11) is 0. The van der Waals surface area contributed by atoms with E-state index < -0.39 is 6.10 Å². The molecule has 0 aliphatic carbocycles. The number of hydrogen-bond acceptors (Lipinski definition) is 5. The molecule has 152 valence electrons. The number of imidazole rings is 1. The lowest BCUT2D eigenvalue weighted by Gasteiger charge is -2.40. The lowest BCUT2D eigenvalue weighted by molar-refractivity contribution is -0.148. The fourth-order valence-corrected chi connectivity index (χ4v) is 4.27. The Morgan fingerprint density at radius 3 is 2.86 bits per heavy atom. The molecule has 4 rings (SSSR count). The van der Waals surface area contributed by atoms with Crippen molar-refractivity contribution in [1.82, 2.24) is 9.55 Å². The van der Waals surface area contributed by atoms with Crippen molar-refractivity contribution in [3.05, 3.63) is 52.8 Å². The van der Waals surface area contributed by atoms with Gasteiger partial charge in [0.25, 0.3) is 0 Å². The molecule has 0 saturated carbocycles. The Hall–Kier alpha value is -2.80. The number of rotatable bonds is 3. The van der Waals surface area contributed by atoms with Crippen molar-refractivity contribution < 1.29 is 13.9 Å². The van der Waals surface area contributed by atoms with Gasteiger partial charge in [-0.2, -0.15) is 0 Å². The number of nitrogen functional groups attached to an aromatic ring is 1. The summed E-state index contributed by atoms with van der Waals surface area (Å²) in [6.45, 7) is 4.58. The molecule has 29 heavy (non-hydrogen) atoms. The summed E-state index contributed by atoms with van der Waals surface area (Å²) in [6.07, 6.45) is 0.179. The van der Waals surface area contributed by atoms with E-state index in [4.69, 9.17) is 22.1 Å². The zero-order valence-corrected chi connectivity index (χ0v) is 17.0. The van der Waals surface area contributed by atoms with Gasteiger partial charge in [-0.15, -0.1) is 0 Å². The average Bonchev–Trinajstić information content (AvgIpc) is 2.98. The molecular formula is C21H22ClFN4O2. The number of aromatic nitrogens is 2. The molecule has 2 aromatic carbocycles. The van der Waals surface area contributed by atoms with Crippen LogP contribution in [0.4, 0.5) is 16.0 Å². The molecule has 3 aromatic rings. The summed E-state index contributed by atoms with van der Waals surface area (Å²) in [5.74, 6) is -0.464. The average molecular weight is 417 g/mol. The maximum absolute atomic E-state index is 13.9. The molecule has 1 aromatic heterocycles. The van der Waals surface area contributed by atoms with E-state index in [-0.39, 0.29) is 23.8 Å². The zero-order chi connectivity index (χ0) is 20.7. The number of carbonyl (C=O) groups is 1. The van der Waals surface area contributed by atoms with E-state index in [1.165, 1.54) is 19.1 Å². The molecule has 6 nitrogen and oxygen atoms in total. The number of nitrogens with two attached hydrogens (primary N) is 1. The van der Waals surface area contributed by atoms with Gasteiger partial charge in [0, 0.05) is 24.2 Å². The maximum Gasteiger partial charge on any atom is 0.303 e. The topological polar surface area (TPSA) is 73.4 Å². The highest BCUT2D eigenvalue weighted by molar-refractivity contribution is 6.30. The summed E-state index contributed by atoms with van der Waals surface area (Å²) in [6, 6.07) is 9.85. The lowest BCUT2D eigenvalue weighted by atomic mass is 9.99. The van der Waals surface area contributed by atoms with Crippen molar-refractivity contribution in [2.45, 2.75) is 32.4 Å². The van der Waals surface area contributed by atoms with Crippen LogP contribution in [0.5, 0.6) is 0 Å². The van der Waals surface area contributed by atoms with Crippen LogP contribution < -0.4 is 10.6 Å². The summed E-state index contributed by atoms with van der Waals surface area (Å²) in [5.41, 5.74) is 9.47. The van der Waals surface area contributed by atoms with Crippen molar-refractivity contribution in [2.24, 2.45) is 0 Å². The molecule has 0 bridgehead atoms. The molecule has 0 amide bonds. The molecule has 1 aliphatic heterocycles. The van der Waals surface area contributed by atoms with Gasteiger partial charge >= 0.3 is 5.97 Å². The fourth-order valence-electron chi connectivity index (χ4n) is 4.10. The number of esters is 1. The highest BCUT2D eigenvalue weighted by Crippen LogP contribution is 2.35. The van der Waals surface area contributed by atoms with Gasteiger partial charge in [0.05, 0.1) is 23.6 Å². The van der Waals surface area contributed by atoms with Gasteiger partial charge in [-0.1, -0.05) is 17.7 Å². The first-order valence-electron chi connectivity index (χ1n) is 9.45. The van der Waals surface area contributed by atoms with Crippen molar-refractivity contribution >= 4 is 40.2 Å². The fraction of sp³-hybridized carbons (Fsp3) is 0.333. The Bertz CT molecular complexity index is 1080. The van der Waals surface area contributed by atoms with Crippen LogP contribution in [0.1, 0.15) is 24.9 Å². The number of fused-ring (bicyclic) bond motifs is 1. The minimum Gasteiger partial charge on any atom is -0.458 e. The lowest BCUT2D eigenvalue weighted by Crippen LogP contribution is -2.47. The van der Waals surface area contributed by atoms with E-state index in [0.717, 1.165) is 11.3 Å². The first kappa shape index (κ1) is 19.5. The van der Waals surface area contributed by atoms with Gasteiger partial charge in [0.15, 0.2) is 0 Å². The van der Waals surface area contributed by atoms with Gasteiger partial charge in [0.1, 0.15) is 11.9 Å². The second kappa shape index (κ2) is 7.55. The molecule has 0 radical (unpaired) electrons. The SMILES string of the molecule is CC(=O)O[C@H]1CN(c2cc(Cl)ccc2C)CCC1n1c(N)nc2ccc(F)cc21. The Morgan fingerprint density at radius 1 is 1.31 bits per heavy atom. The van der Waals surface area contributed by atoms with E-state index in [1.807, 2.05) is 25.1 Å². The number of hydrogen-bond donors (Lipinski definition) is 1. The molecule has 1 unspecified atom stereocenters. The second-order valence-corrected chi connectivity index (χ2v) is 7.79. The number of piperidine rings is 1. The van der Waals surface area contributed by atoms with Gasteiger partial charge < -0.3 is 19.9 Å². The molecule has 0 spiro atoms. The predicted octanol–water partition coefficient (Wildman–Crippen LogP) is 4.10.